The SMILES string of the molecule is O=c1[nH]c(=O)n([C@@H]2O[C@H](C(O)OP(=O)(O)OP(=O)(O)OP(=O)(O)O)[C@@H](O)[C@@H]2O)cc1/C=C/Br. The fourth-order valence-electron chi connectivity index (χ4n) is 2.52. The van der Waals surface area contributed by atoms with E-state index < -0.39 is 65.5 Å². The fraction of sp³-hybridized carbons (Fsp3) is 0.455. The van der Waals surface area contributed by atoms with E-state index in [1.165, 1.54) is 11.1 Å². The van der Waals surface area contributed by atoms with E-state index >= 15 is 0 Å². The summed E-state index contributed by atoms with van der Waals surface area (Å²) in [7, 11) is -17.4. The Labute approximate surface area is 190 Å². The van der Waals surface area contributed by atoms with Crippen LogP contribution in [0, 0.1) is 0 Å². The van der Waals surface area contributed by atoms with Gasteiger partial charge in [0.1, 0.15) is 18.3 Å². The molecule has 0 aromatic carbocycles. The molecule has 22 heteroatoms. The Morgan fingerprint density at radius 2 is 1.70 bits per heavy atom. The molecule has 0 amide bonds. The lowest BCUT2D eigenvalue weighted by Gasteiger charge is -2.23. The molecule has 0 bridgehead atoms. The number of halogens is 1. The number of ether oxygens (including phenoxy) is 1. The van der Waals surface area contributed by atoms with Crippen molar-refractivity contribution in [3.05, 3.63) is 37.6 Å². The third kappa shape index (κ3) is 7.57. The highest BCUT2D eigenvalue weighted by molar-refractivity contribution is 9.11. The van der Waals surface area contributed by atoms with Gasteiger partial charge in [-0.25, -0.2) is 18.5 Å². The lowest BCUT2D eigenvalue weighted by Crippen LogP contribution is -2.40. The summed E-state index contributed by atoms with van der Waals surface area (Å²) in [6.45, 7) is 0. The number of phosphoric ester groups is 1. The van der Waals surface area contributed by atoms with E-state index in [9.17, 15) is 43.5 Å². The summed E-state index contributed by atoms with van der Waals surface area (Å²) >= 11 is 2.92. The molecule has 1 aliphatic heterocycles. The molecule has 2 heterocycles. The molecule has 188 valence electrons. The van der Waals surface area contributed by atoms with Crippen molar-refractivity contribution in [1.29, 1.82) is 0 Å². The van der Waals surface area contributed by atoms with E-state index in [0.717, 1.165) is 6.20 Å². The molecular weight excluding hydrogens is 589 g/mol. The molecule has 0 spiro atoms. The van der Waals surface area contributed by atoms with Crippen molar-refractivity contribution in [2.45, 2.75) is 30.8 Å². The van der Waals surface area contributed by atoms with E-state index in [1.54, 1.807) is 0 Å². The molecule has 18 nitrogen and oxygen atoms in total. The van der Waals surface area contributed by atoms with Crippen LogP contribution in [0.4, 0.5) is 0 Å². The molecule has 1 aromatic heterocycles. The van der Waals surface area contributed by atoms with E-state index in [4.69, 9.17) is 19.4 Å². The van der Waals surface area contributed by atoms with Gasteiger partial charge in [-0.1, -0.05) is 15.9 Å². The topological polar surface area (TPSA) is 285 Å². The maximum atomic E-state index is 12.1. The van der Waals surface area contributed by atoms with Crippen molar-refractivity contribution in [1.82, 2.24) is 9.55 Å². The molecule has 0 saturated carbocycles. The second kappa shape index (κ2) is 10.4. The summed E-state index contributed by atoms with van der Waals surface area (Å²) in [6, 6.07) is 0. The number of H-pyrrole nitrogens is 1. The predicted octanol–water partition coefficient (Wildman–Crippen LogP) is -1.82. The Balaban J connectivity index is 2.23. The van der Waals surface area contributed by atoms with E-state index in [-0.39, 0.29) is 5.56 Å². The molecular formula is C11H16BrN2O16P3. The molecule has 8 N–H and O–H groups in total. The smallest absolute Gasteiger partial charge is 0.387 e. The van der Waals surface area contributed by atoms with Crippen LogP contribution in [0.25, 0.3) is 6.08 Å². The molecule has 1 aliphatic rings. The standard InChI is InChI=1S/C11H16BrN2O16P3/c12-2-1-4-3-14(11(19)13-8(4)17)9-6(16)5(15)7(27-9)10(18)28-32(23,24)30-33(25,26)29-31(20,21)22/h1-3,5-7,9-10,15-16,18H,(H,23,24)(H,25,26)(H,13,17,19)(H2,20,21,22)/b2-1+/t5-,6-,7-,9+,10?/m0/s1. The molecule has 2 rings (SSSR count). The number of aliphatic hydroxyl groups excluding tert-OH is 3. The molecule has 7 atom stereocenters. The van der Waals surface area contributed by atoms with Gasteiger partial charge < -0.3 is 39.6 Å². The number of hydrogen-bond donors (Lipinski definition) is 8. The van der Waals surface area contributed by atoms with Crippen LogP contribution in [0.2, 0.25) is 0 Å². The fourth-order valence-corrected chi connectivity index (χ4v) is 5.86. The molecule has 33 heavy (non-hydrogen) atoms. The minimum absolute atomic E-state index is 0.103. The molecule has 1 aromatic rings. The number of rotatable bonds is 9. The third-order valence-electron chi connectivity index (χ3n) is 3.73. The third-order valence-corrected chi connectivity index (χ3v) is 7.80. The number of hydrogen-bond acceptors (Lipinski definition) is 12. The van der Waals surface area contributed by atoms with E-state index in [1.807, 2.05) is 4.98 Å². The van der Waals surface area contributed by atoms with Crippen molar-refractivity contribution in [2.24, 2.45) is 0 Å². The lowest BCUT2D eigenvalue weighted by molar-refractivity contribution is -0.161. The second-order valence-corrected chi connectivity index (χ2v) is 11.0. The Kier molecular flexibility index (Phi) is 8.96. The first-order valence-corrected chi connectivity index (χ1v) is 13.5. The predicted molar refractivity (Wildman–Crippen MR) is 106 cm³/mol. The first-order chi connectivity index (χ1) is 15.0. The summed E-state index contributed by atoms with van der Waals surface area (Å²) in [5.74, 6) is 0. The normalized spacial score (nSPS) is 28.5. The zero-order valence-electron chi connectivity index (χ0n) is 15.6. The van der Waals surface area contributed by atoms with Crippen LogP contribution in [-0.4, -0.2) is 69.0 Å². The minimum atomic E-state index is -5.89. The van der Waals surface area contributed by atoms with E-state index in [0.29, 0.717) is 4.57 Å². The van der Waals surface area contributed by atoms with Gasteiger partial charge in [-0.15, -0.1) is 0 Å². The van der Waals surface area contributed by atoms with Crippen LogP contribution in [0.3, 0.4) is 0 Å². The van der Waals surface area contributed by atoms with Gasteiger partial charge in [0.15, 0.2) is 12.5 Å². The Hall–Kier alpha value is -0.850. The summed E-state index contributed by atoms with van der Waals surface area (Å²) in [5, 5.41) is 30.2. The first-order valence-electron chi connectivity index (χ1n) is 8.10. The number of nitrogens with zero attached hydrogens (tertiary/aromatic N) is 1. The van der Waals surface area contributed by atoms with Gasteiger partial charge in [-0.3, -0.25) is 18.9 Å². The van der Waals surface area contributed by atoms with Gasteiger partial charge in [-0.05, 0) is 11.1 Å². The van der Waals surface area contributed by atoms with Crippen molar-refractivity contribution in [3.63, 3.8) is 0 Å². The Morgan fingerprint density at radius 3 is 2.24 bits per heavy atom. The van der Waals surface area contributed by atoms with Crippen LogP contribution in [0.1, 0.15) is 11.8 Å². The molecule has 3 unspecified atom stereocenters. The summed E-state index contributed by atoms with van der Waals surface area (Å²) in [5.41, 5.74) is -2.02. The van der Waals surface area contributed by atoms with Crippen molar-refractivity contribution in [3.8, 4) is 0 Å². The average Bonchev–Trinajstić information content (AvgIpc) is 2.89. The van der Waals surface area contributed by atoms with Gasteiger partial charge in [0.05, 0.1) is 5.56 Å². The number of aromatic amines is 1. The van der Waals surface area contributed by atoms with Crippen molar-refractivity contribution < 1.29 is 66.5 Å². The first kappa shape index (κ1) is 28.4. The highest BCUT2D eigenvalue weighted by Crippen LogP contribution is 2.66. The largest absolute Gasteiger partial charge is 0.490 e. The number of nitrogens with one attached hydrogen (secondary N) is 1. The summed E-state index contributed by atoms with van der Waals surface area (Å²) in [4.78, 5) is 62.5. The van der Waals surface area contributed by atoms with Crippen LogP contribution in [0.15, 0.2) is 20.8 Å². The molecule has 0 aliphatic carbocycles. The second-order valence-electron chi connectivity index (χ2n) is 6.10. The Morgan fingerprint density at radius 1 is 1.09 bits per heavy atom. The summed E-state index contributed by atoms with van der Waals surface area (Å²) < 4.78 is 50.5. The zero-order chi connectivity index (χ0) is 25.4. The van der Waals surface area contributed by atoms with Gasteiger partial charge in [0.25, 0.3) is 5.56 Å². The van der Waals surface area contributed by atoms with Crippen LogP contribution >= 0.6 is 39.4 Å². The van der Waals surface area contributed by atoms with E-state index in [2.05, 4.69) is 29.1 Å². The van der Waals surface area contributed by atoms with Crippen LogP contribution in [-0.2, 0) is 31.6 Å². The lowest BCUT2D eigenvalue weighted by atomic mass is 10.1. The monoisotopic (exact) mass is 604 g/mol. The minimum Gasteiger partial charge on any atom is -0.387 e. The van der Waals surface area contributed by atoms with Crippen LogP contribution < -0.4 is 11.2 Å². The van der Waals surface area contributed by atoms with Gasteiger partial charge in [0, 0.05) is 6.20 Å². The number of phosphoric acid groups is 3. The summed E-state index contributed by atoms with van der Waals surface area (Å²) in [6.07, 6.45) is -8.44. The quantitative estimate of drug-likeness (QED) is 0.114. The highest BCUT2D eigenvalue weighted by atomic mass is 79.9. The zero-order valence-corrected chi connectivity index (χ0v) is 19.9. The molecule has 0 radical (unpaired) electrons. The Bertz CT molecular complexity index is 1160. The molecule has 1 saturated heterocycles. The maximum absolute atomic E-state index is 12.1. The number of aromatic nitrogens is 2. The van der Waals surface area contributed by atoms with Gasteiger partial charge >= 0.3 is 29.2 Å². The van der Waals surface area contributed by atoms with Gasteiger partial charge in [0.2, 0.25) is 0 Å². The van der Waals surface area contributed by atoms with Crippen molar-refractivity contribution in [2.75, 3.05) is 0 Å². The van der Waals surface area contributed by atoms with Crippen molar-refractivity contribution >= 4 is 45.5 Å². The maximum Gasteiger partial charge on any atom is 0.490 e. The molecule has 1 fully saturated rings. The van der Waals surface area contributed by atoms with Gasteiger partial charge in [-0.2, -0.15) is 8.62 Å². The highest BCUT2D eigenvalue weighted by Gasteiger charge is 2.50. The number of aliphatic hydroxyl groups is 3. The van der Waals surface area contributed by atoms with Crippen LogP contribution in [0.5, 0.6) is 0 Å². The average molecular weight is 605 g/mol.